The highest BCUT2D eigenvalue weighted by Crippen LogP contribution is 2.35. The summed E-state index contributed by atoms with van der Waals surface area (Å²) >= 11 is 0. The van der Waals surface area contributed by atoms with Gasteiger partial charge in [0, 0.05) is 0 Å². The third-order valence-electron chi connectivity index (χ3n) is 3.64. The molecular weight excluding hydrogens is 275 g/mol. The molecule has 0 unspecified atom stereocenters. The lowest BCUT2D eigenvalue weighted by Crippen LogP contribution is -2.07. The van der Waals surface area contributed by atoms with Gasteiger partial charge in [0.05, 0.1) is 10.1 Å². The number of aryl methyl sites for hydroxylation is 1. The van der Waals surface area contributed by atoms with Crippen molar-refractivity contribution in [2.45, 2.75) is 29.9 Å². The Labute approximate surface area is 118 Å². The molecule has 4 heteroatoms. The van der Waals surface area contributed by atoms with Crippen LogP contribution in [-0.4, -0.2) is 13.7 Å². The minimum atomic E-state index is -3.21. The smallest absolute Gasteiger partial charge is 0.181 e. The summed E-state index contributed by atoms with van der Waals surface area (Å²) in [5, 5.41) is -0.230. The minimum Gasteiger partial charge on any atom is -0.223 e. The van der Waals surface area contributed by atoms with Gasteiger partial charge in [0.25, 0.3) is 0 Å². The molecule has 0 atom stereocenters. The average Bonchev–Trinajstić information content (AvgIpc) is 3.26. The van der Waals surface area contributed by atoms with Crippen LogP contribution in [0.2, 0.25) is 0 Å². The highest BCUT2D eigenvalue weighted by Gasteiger charge is 2.36. The third-order valence-corrected chi connectivity index (χ3v) is 5.90. The van der Waals surface area contributed by atoms with E-state index in [4.69, 9.17) is 0 Å². The zero-order valence-corrected chi connectivity index (χ0v) is 12.0. The monoisotopic (exact) mass is 290 g/mol. The van der Waals surface area contributed by atoms with Gasteiger partial charge in [-0.25, -0.2) is 12.8 Å². The summed E-state index contributed by atoms with van der Waals surface area (Å²) in [5.41, 5.74) is 2.40. The first-order chi connectivity index (χ1) is 9.48. The van der Waals surface area contributed by atoms with E-state index in [9.17, 15) is 12.8 Å². The van der Waals surface area contributed by atoms with E-state index in [1.54, 1.807) is 24.3 Å². The average molecular weight is 290 g/mol. The minimum absolute atomic E-state index is 0.230. The quantitative estimate of drug-likeness (QED) is 0.863. The van der Waals surface area contributed by atoms with Crippen LogP contribution >= 0.6 is 0 Å². The number of sulfone groups is 1. The van der Waals surface area contributed by atoms with E-state index in [0.29, 0.717) is 4.90 Å². The molecular formula is C16H15FO2S. The topological polar surface area (TPSA) is 34.1 Å². The van der Waals surface area contributed by atoms with Crippen molar-refractivity contribution >= 4 is 9.84 Å². The third kappa shape index (κ3) is 2.36. The Morgan fingerprint density at radius 3 is 2.55 bits per heavy atom. The van der Waals surface area contributed by atoms with Crippen molar-refractivity contribution in [3.63, 3.8) is 0 Å². The lowest BCUT2D eigenvalue weighted by Gasteiger charge is -2.09. The molecule has 0 amide bonds. The second-order valence-electron chi connectivity index (χ2n) is 5.23. The SMILES string of the molecule is Cc1ccc(F)cc1-c1cccc(S(=O)(=O)C2CC2)c1. The van der Waals surface area contributed by atoms with Gasteiger partial charge in [0.1, 0.15) is 5.82 Å². The van der Waals surface area contributed by atoms with Gasteiger partial charge in [-0.05, 0) is 60.7 Å². The Hall–Kier alpha value is -1.68. The molecule has 0 N–H and O–H groups in total. The van der Waals surface area contributed by atoms with Gasteiger partial charge in [-0.3, -0.25) is 0 Å². The van der Waals surface area contributed by atoms with Crippen molar-refractivity contribution in [2.75, 3.05) is 0 Å². The summed E-state index contributed by atoms with van der Waals surface area (Å²) in [6, 6.07) is 11.3. The number of rotatable bonds is 3. The lowest BCUT2D eigenvalue weighted by atomic mass is 10.0. The lowest BCUT2D eigenvalue weighted by molar-refractivity contribution is 0.595. The van der Waals surface area contributed by atoms with Crippen LogP contribution in [0.3, 0.4) is 0 Å². The first-order valence-corrected chi connectivity index (χ1v) is 8.13. The Kier molecular flexibility index (Phi) is 3.13. The van der Waals surface area contributed by atoms with Crippen molar-refractivity contribution in [3.8, 4) is 11.1 Å². The van der Waals surface area contributed by atoms with Gasteiger partial charge in [-0.1, -0.05) is 18.2 Å². The van der Waals surface area contributed by atoms with E-state index >= 15 is 0 Å². The maximum Gasteiger partial charge on any atom is 0.181 e. The summed E-state index contributed by atoms with van der Waals surface area (Å²) in [7, 11) is -3.21. The van der Waals surface area contributed by atoms with Gasteiger partial charge in [-0.2, -0.15) is 0 Å². The maximum absolute atomic E-state index is 13.4. The van der Waals surface area contributed by atoms with Crippen molar-refractivity contribution in [1.29, 1.82) is 0 Å². The molecule has 0 spiro atoms. The van der Waals surface area contributed by atoms with Crippen LogP contribution in [0.1, 0.15) is 18.4 Å². The van der Waals surface area contributed by atoms with Crippen molar-refractivity contribution < 1.29 is 12.8 Å². The highest BCUT2D eigenvalue weighted by molar-refractivity contribution is 7.92. The molecule has 104 valence electrons. The summed E-state index contributed by atoms with van der Waals surface area (Å²) < 4.78 is 37.9. The molecule has 1 saturated carbocycles. The molecule has 1 fully saturated rings. The van der Waals surface area contributed by atoms with Crippen LogP contribution in [0.4, 0.5) is 4.39 Å². The zero-order valence-electron chi connectivity index (χ0n) is 11.1. The number of benzene rings is 2. The molecule has 1 aliphatic rings. The van der Waals surface area contributed by atoms with E-state index in [0.717, 1.165) is 29.5 Å². The highest BCUT2D eigenvalue weighted by atomic mass is 32.2. The predicted molar refractivity (Wildman–Crippen MR) is 76.8 cm³/mol. The van der Waals surface area contributed by atoms with Crippen LogP contribution in [0.25, 0.3) is 11.1 Å². The van der Waals surface area contributed by atoms with Crippen molar-refractivity contribution in [3.05, 3.63) is 53.8 Å². The fourth-order valence-corrected chi connectivity index (χ4v) is 4.02. The molecule has 0 heterocycles. The summed E-state index contributed by atoms with van der Waals surface area (Å²) in [6.45, 7) is 1.89. The molecule has 2 nitrogen and oxygen atoms in total. The zero-order chi connectivity index (χ0) is 14.3. The van der Waals surface area contributed by atoms with E-state index in [2.05, 4.69) is 0 Å². The normalized spacial score (nSPS) is 15.3. The second-order valence-corrected chi connectivity index (χ2v) is 7.46. The molecule has 2 aromatic carbocycles. The van der Waals surface area contributed by atoms with Crippen LogP contribution in [-0.2, 0) is 9.84 Å². The van der Waals surface area contributed by atoms with Crippen LogP contribution < -0.4 is 0 Å². The Morgan fingerprint density at radius 1 is 1.10 bits per heavy atom. The van der Waals surface area contributed by atoms with Crippen LogP contribution in [0.5, 0.6) is 0 Å². The molecule has 0 radical (unpaired) electrons. The molecule has 0 bridgehead atoms. The largest absolute Gasteiger partial charge is 0.223 e. The first-order valence-electron chi connectivity index (χ1n) is 6.59. The number of hydrogen-bond acceptors (Lipinski definition) is 2. The van der Waals surface area contributed by atoms with Crippen LogP contribution in [0, 0.1) is 12.7 Å². The van der Waals surface area contributed by atoms with Gasteiger partial charge >= 0.3 is 0 Å². The fraction of sp³-hybridized carbons (Fsp3) is 0.250. The molecule has 1 aliphatic carbocycles. The molecule has 20 heavy (non-hydrogen) atoms. The van der Waals surface area contributed by atoms with Crippen molar-refractivity contribution in [2.24, 2.45) is 0 Å². The Bertz CT molecular complexity index is 762. The van der Waals surface area contributed by atoms with Gasteiger partial charge in [-0.15, -0.1) is 0 Å². The molecule has 0 aliphatic heterocycles. The van der Waals surface area contributed by atoms with Gasteiger partial charge < -0.3 is 0 Å². The van der Waals surface area contributed by atoms with E-state index in [-0.39, 0.29) is 11.1 Å². The standard InChI is InChI=1S/C16H15FO2S/c1-11-5-6-13(17)10-16(11)12-3-2-4-15(9-12)20(18,19)14-7-8-14/h2-6,9-10,14H,7-8H2,1H3. The van der Waals surface area contributed by atoms with Crippen LogP contribution in [0.15, 0.2) is 47.4 Å². The Morgan fingerprint density at radius 2 is 1.85 bits per heavy atom. The van der Waals surface area contributed by atoms with E-state index in [1.807, 2.05) is 13.0 Å². The maximum atomic E-state index is 13.4. The Balaban J connectivity index is 2.10. The molecule has 0 saturated heterocycles. The van der Waals surface area contributed by atoms with Gasteiger partial charge in [0.15, 0.2) is 9.84 Å². The van der Waals surface area contributed by atoms with E-state index < -0.39 is 9.84 Å². The predicted octanol–water partition coefficient (Wildman–Crippen LogP) is 3.74. The van der Waals surface area contributed by atoms with Crippen molar-refractivity contribution in [1.82, 2.24) is 0 Å². The summed E-state index contributed by atoms with van der Waals surface area (Å²) in [6.07, 6.45) is 1.48. The molecule has 2 aromatic rings. The number of hydrogen-bond donors (Lipinski definition) is 0. The molecule has 3 rings (SSSR count). The second kappa shape index (κ2) is 4.70. The summed E-state index contributed by atoms with van der Waals surface area (Å²) in [5.74, 6) is -0.318. The van der Waals surface area contributed by atoms with E-state index in [1.165, 1.54) is 12.1 Å². The fourth-order valence-electron chi connectivity index (χ4n) is 2.32. The number of halogens is 1. The molecule has 0 aromatic heterocycles. The first kappa shape index (κ1) is 13.3. The summed E-state index contributed by atoms with van der Waals surface area (Å²) in [4.78, 5) is 0.334. The van der Waals surface area contributed by atoms with Gasteiger partial charge in [0.2, 0.25) is 0 Å².